The van der Waals surface area contributed by atoms with E-state index in [1.807, 2.05) is 0 Å². The topological polar surface area (TPSA) is 46.1 Å². The van der Waals surface area contributed by atoms with E-state index in [0.29, 0.717) is 24.3 Å². The normalized spacial score (nSPS) is 14.3. The molecule has 0 saturated carbocycles. The predicted molar refractivity (Wildman–Crippen MR) is 66.3 cm³/mol. The summed E-state index contributed by atoms with van der Waals surface area (Å²) < 4.78 is 31.2. The van der Waals surface area contributed by atoms with Gasteiger partial charge in [-0.3, -0.25) is 4.79 Å². The van der Waals surface area contributed by atoms with Gasteiger partial charge in [0.15, 0.2) is 0 Å². The number of rotatable bonds is 1. The zero-order valence-electron chi connectivity index (χ0n) is 9.77. The van der Waals surface area contributed by atoms with Crippen molar-refractivity contribution in [2.75, 3.05) is 11.4 Å². The lowest BCUT2D eigenvalue weighted by Crippen LogP contribution is -2.36. The molecule has 0 fully saturated rings. The number of fused-ring (bicyclic) bond motifs is 1. The van der Waals surface area contributed by atoms with Gasteiger partial charge in [-0.1, -0.05) is 4.49 Å². The van der Waals surface area contributed by atoms with E-state index in [9.17, 15) is 13.6 Å². The summed E-state index contributed by atoms with van der Waals surface area (Å²) >= 11 is 0.941. The van der Waals surface area contributed by atoms with Crippen molar-refractivity contribution in [3.63, 3.8) is 0 Å². The molecule has 0 bridgehead atoms. The molecule has 0 atom stereocenters. The number of benzene rings is 1. The van der Waals surface area contributed by atoms with Crippen LogP contribution in [0.25, 0.3) is 0 Å². The SMILES string of the molecule is O=C(c1cnns1)N1CCCc2c(F)ccc(F)c21. The van der Waals surface area contributed by atoms with Crippen LogP contribution in [0.5, 0.6) is 0 Å². The van der Waals surface area contributed by atoms with E-state index in [4.69, 9.17) is 0 Å². The molecule has 0 aliphatic carbocycles. The van der Waals surface area contributed by atoms with Crippen molar-refractivity contribution in [2.45, 2.75) is 12.8 Å². The van der Waals surface area contributed by atoms with Gasteiger partial charge in [0.05, 0.1) is 11.9 Å². The highest BCUT2D eigenvalue weighted by Crippen LogP contribution is 2.33. The second kappa shape index (κ2) is 4.65. The van der Waals surface area contributed by atoms with Crippen LogP contribution in [0.2, 0.25) is 0 Å². The van der Waals surface area contributed by atoms with Crippen LogP contribution < -0.4 is 4.90 Å². The van der Waals surface area contributed by atoms with Crippen molar-refractivity contribution in [2.24, 2.45) is 0 Å². The van der Waals surface area contributed by atoms with Crippen LogP contribution in [0.3, 0.4) is 0 Å². The molecule has 0 spiro atoms. The lowest BCUT2D eigenvalue weighted by Gasteiger charge is -2.29. The molecule has 1 aliphatic rings. The monoisotopic (exact) mass is 281 g/mol. The summed E-state index contributed by atoms with van der Waals surface area (Å²) in [5.74, 6) is -1.45. The maximum Gasteiger partial charge on any atom is 0.271 e. The Morgan fingerprint density at radius 3 is 2.84 bits per heavy atom. The molecule has 1 aromatic heterocycles. The molecule has 0 radical (unpaired) electrons. The van der Waals surface area contributed by atoms with Gasteiger partial charge in [-0.05, 0) is 36.5 Å². The van der Waals surface area contributed by atoms with Crippen molar-refractivity contribution in [1.82, 2.24) is 9.59 Å². The minimum atomic E-state index is -0.582. The highest BCUT2D eigenvalue weighted by molar-refractivity contribution is 7.07. The van der Waals surface area contributed by atoms with Crippen LogP contribution in [0.4, 0.5) is 14.5 Å². The number of carbonyl (C=O) groups excluding carboxylic acids is 1. The van der Waals surface area contributed by atoms with Crippen molar-refractivity contribution < 1.29 is 13.6 Å². The second-order valence-electron chi connectivity index (χ2n) is 4.20. The minimum Gasteiger partial charge on any atom is -0.304 e. The molecule has 3 rings (SSSR count). The smallest absolute Gasteiger partial charge is 0.271 e. The first-order valence-electron chi connectivity index (χ1n) is 5.74. The Bertz CT molecular complexity index is 630. The van der Waals surface area contributed by atoms with E-state index < -0.39 is 11.6 Å². The lowest BCUT2D eigenvalue weighted by molar-refractivity contribution is 0.0987. The molecule has 1 amide bonds. The van der Waals surface area contributed by atoms with Gasteiger partial charge < -0.3 is 4.90 Å². The quantitative estimate of drug-likeness (QED) is 0.806. The fraction of sp³-hybridized carbons (Fsp3) is 0.250. The summed E-state index contributed by atoms with van der Waals surface area (Å²) in [6.45, 7) is 0.365. The van der Waals surface area contributed by atoms with Crippen LogP contribution in [-0.2, 0) is 6.42 Å². The van der Waals surface area contributed by atoms with E-state index >= 15 is 0 Å². The number of halogens is 2. The number of aromatic nitrogens is 2. The van der Waals surface area contributed by atoms with Crippen molar-refractivity contribution in [3.05, 3.63) is 40.4 Å². The molecular formula is C12H9F2N3OS. The van der Waals surface area contributed by atoms with Gasteiger partial charge in [-0.15, -0.1) is 5.10 Å². The van der Waals surface area contributed by atoms with Gasteiger partial charge in [0.2, 0.25) is 0 Å². The molecule has 7 heteroatoms. The molecule has 98 valence electrons. The second-order valence-corrected chi connectivity index (χ2v) is 4.98. The van der Waals surface area contributed by atoms with Gasteiger partial charge in [-0.25, -0.2) is 8.78 Å². The third-order valence-corrected chi connectivity index (χ3v) is 3.72. The minimum absolute atomic E-state index is 0.0460. The zero-order chi connectivity index (χ0) is 13.4. The highest BCUT2D eigenvalue weighted by atomic mass is 32.1. The van der Waals surface area contributed by atoms with E-state index in [2.05, 4.69) is 9.59 Å². The maximum atomic E-state index is 13.9. The first kappa shape index (κ1) is 12.2. The third kappa shape index (κ3) is 1.99. The number of anilines is 1. The van der Waals surface area contributed by atoms with Crippen LogP contribution in [0.1, 0.15) is 21.7 Å². The van der Waals surface area contributed by atoms with Gasteiger partial charge >= 0.3 is 0 Å². The molecule has 1 aromatic carbocycles. The first-order chi connectivity index (χ1) is 9.18. The summed E-state index contributed by atoms with van der Waals surface area (Å²) in [5.41, 5.74) is 0.307. The van der Waals surface area contributed by atoms with E-state index in [-0.39, 0.29) is 17.2 Å². The van der Waals surface area contributed by atoms with Gasteiger partial charge in [0.1, 0.15) is 16.5 Å². The van der Waals surface area contributed by atoms with Crippen molar-refractivity contribution in [3.8, 4) is 0 Å². The Labute approximate surface area is 111 Å². The lowest BCUT2D eigenvalue weighted by atomic mass is 10.0. The largest absolute Gasteiger partial charge is 0.304 e. The summed E-state index contributed by atoms with van der Waals surface area (Å²) in [6.07, 6.45) is 2.37. The molecule has 0 saturated heterocycles. The molecule has 1 aliphatic heterocycles. The summed E-state index contributed by atoms with van der Waals surface area (Å²) in [4.78, 5) is 13.8. The Hall–Kier alpha value is -1.89. The molecule has 19 heavy (non-hydrogen) atoms. The number of carbonyl (C=O) groups is 1. The summed E-state index contributed by atoms with van der Waals surface area (Å²) in [5, 5.41) is 3.59. The van der Waals surface area contributed by atoms with Crippen LogP contribution >= 0.6 is 11.5 Å². The van der Waals surface area contributed by atoms with E-state index in [1.54, 1.807) is 0 Å². The van der Waals surface area contributed by atoms with E-state index in [0.717, 1.165) is 23.7 Å². The Morgan fingerprint density at radius 2 is 2.11 bits per heavy atom. The predicted octanol–water partition coefficient (Wildman–Crippen LogP) is 2.41. The Morgan fingerprint density at radius 1 is 1.32 bits per heavy atom. The number of amides is 1. The summed E-state index contributed by atoms with van der Waals surface area (Å²) in [6, 6.07) is 2.14. The molecular weight excluding hydrogens is 272 g/mol. The molecule has 2 heterocycles. The fourth-order valence-electron chi connectivity index (χ4n) is 2.24. The van der Waals surface area contributed by atoms with E-state index in [1.165, 1.54) is 11.1 Å². The van der Waals surface area contributed by atoms with Crippen molar-refractivity contribution >= 4 is 23.1 Å². The average molecular weight is 281 g/mol. The van der Waals surface area contributed by atoms with Gasteiger partial charge in [-0.2, -0.15) is 0 Å². The number of hydrogen-bond donors (Lipinski definition) is 0. The maximum absolute atomic E-state index is 13.9. The van der Waals surface area contributed by atoms with Crippen LogP contribution in [0.15, 0.2) is 18.3 Å². The molecule has 4 nitrogen and oxygen atoms in total. The number of nitrogens with zero attached hydrogens (tertiary/aromatic N) is 3. The van der Waals surface area contributed by atoms with Crippen molar-refractivity contribution in [1.29, 1.82) is 0 Å². The standard InChI is InChI=1S/C12H9F2N3OS/c13-8-3-4-9(14)11-7(8)2-1-5-17(11)12(18)10-6-15-16-19-10/h3-4,6H,1-2,5H2. The van der Waals surface area contributed by atoms with Gasteiger partial charge in [0, 0.05) is 12.1 Å². The fourth-order valence-corrected chi connectivity index (χ4v) is 2.70. The first-order valence-corrected chi connectivity index (χ1v) is 6.52. The molecule has 2 aromatic rings. The summed E-state index contributed by atoms with van der Waals surface area (Å²) in [7, 11) is 0. The zero-order valence-corrected chi connectivity index (χ0v) is 10.6. The van der Waals surface area contributed by atoms with Gasteiger partial charge in [0.25, 0.3) is 5.91 Å². The number of hydrogen-bond acceptors (Lipinski definition) is 4. The van der Waals surface area contributed by atoms with Crippen LogP contribution in [-0.4, -0.2) is 22.0 Å². The third-order valence-electron chi connectivity index (χ3n) is 3.07. The van der Waals surface area contributed by atoms with Crippen LogP contribution in [0, 0.1) is 11.6 Å². The Kier molecular flexibility index (Phi) is 2.98. The average Bonchev–Trinajstić information content (AvgIpc) is 2.96. The molecule has 0 unspecified atom stereocenters. The highest BCUT2D eigenvalue weighted by Gasteiger charge is 2.29. The molecule has 0 N–H and O–H groups in total. The Balaban J connectivity index is 2.08.